The Morgan fingerprint density at radius 2 is 1.67 bits per heavy atom. The van der Waals surface area contributed by atoms with Gasteiger partial charge in [0, 0.05) is 17.0 Å². The number of thiocarbonyl (C=S) groups is 1. The third-order valence-electron chi connectivity index (χ3n) is 5.64. The molecule has 3 aromatic carbocycles. The van der Waals surface area contributed by atoms with E-state index in [9.17, 15) is 4.79 Å². The Labute approximate surface area is 199 Å². The number of para-hydroxylation sites is 1. The van der Waals surface area contributed by atoms with Crippen LogP contribution in [0.15, 0.2) is 90.1 Å². The number of anilines is 1. The molecule has 5 nitrogen and oxygen atoms in total. The van der Waals surface area contributed by atoms with Crippen molar-refractivity contribution >= 4 is 28.8 Å². The molecule has 1 N–H and O–H groups in total. The maximum absolute atomic E-state index is 12.7. The highest BCUT2D eigenvalue weighted by Gasteiger charge is 2.33. The monoisotopic (exact) mass is 458 g/mol. The molecule has 4 rings (SSSR count). The lowest BCUT2D eigenvalue weighted by atomic mass is 9.92. The fraction of sp³-hybridized carbons (Fsp3) is 0.185. The van der Waals surface area contributed by atoms with E-state index in [0.717, 1.165) is 22.5 Å². The summed E-state index contributed by atoms with van der Waals surface area (Å²) in [6.45, 7) is 3.95. The Morgan fingerprint density at radius 1 is 1.00 bits per heavy atom. The molecule has 3 aromatic rings. The summed E-state index contributed by atoms with van der Waals surface area (Å²) in [5.74, 6) is 1.22. The average molecular weight is 459 g/mol. The lowest BCUT2D eigenvalue weighted by Gasteiger charge is -2.37. The van der Waals surface area contributed by atoms with Crippen molar-refractivity contribution in [2.75, 3.05) is 12.0 Å². The molecular formula is C27H26N2O3S. The van der Waals surface area contributed by atoms with Gasteiger partial charge in [-0.25, -0.2) is 0 Å². The van der Waals surface area contributed by atoms with Crippen molar-refractivity contribution in [3.8, 4) is 11.5 Å². The normalized spacial score (nSPS) is 15.8. The van der Waals surface area contributed by atoms with Gasteiger partial charge in [-0.15, -0.1) is 0 Å². The summed E-state index contributed by atoms with van der Waals surface area (Å²) in [6.07, 6.45) is 0. The highest BCUT2D eigenvalue weighted by molar-refractivity contribution is 7.80. The Balaban J connectivity index is 1.66. The summed E-state index contributed by atoms with van der Waals surface area (Å²) in [4.78, 5) is 14.6. The van der Waals surface area contributed by atoms with E-state index in [-0.39, 0.29) is 11.8 Å². The van der Waals surface area contributed by atoms with Crippen LogP contribution in [0.25, 0.3) is 0 Å². The molecule has 0 radical (unpaired) electrons. The van der Waals surface area contributed by atoms with Crippen LogP contribution in [0.1, 0.15) is 31.0 Å². The van der Waals surface area contributed by atoms with E-state index in [4.69, 9.17) is 21.7 Å². The Morgan fingerprint density at radius 3 is 2.30 bits per heavy atom. The van der Waals surface area contributed by atoms with Crippen LogP contribution in [0.4, 0.5) is 5.69 Å². The fourth-order valence-electron chi connectivity index (χ4n) is 4.06. The first-order valence-electron chi connectivity index (χ1n) is 10.7. The number of ether oxygens (including phenoxy) is 2. The first-order chi connectivity index (χ1) is 16.0. The second kappa shape index (κ2) is 9.88. The van der Waals surface area contributed by atoms with Gasteiger partial charge in [0.1, 0.15) is 6.61 Å². The molecule has 0 saturated heterocycles. The molecule has 0 bridgehead atoms. The van der Waals surface area contributed by atoms with Crippen molar-refractivity contribution in [3.63, 3.8) is 0 Å². The van der Waals surface area contributed by atoms with Crippen LogP contribution in [0.2, 0.25) is 0 Å². The Bertz CT molecular complexity index is 1190. The van der Waals surface area contributed by atoms with E-state index in [1.165, 1.54) is 0 Å². The van der Waals surface area contributed by atoms with E-state index >= 15 is 0 Å². The molecule has 0 unspecified atom stereocenters. The number of rotatable bonds is 7. The van der Waals surface area contributed by atoms with E-state index < -0.39 is 0 Å². The van der Waals surface area contributed by atoms with Crippen molar-refractivity contribution in [3.05, 3.63) is 101 Å². The molecule has 0 fully saturated rings. The molecule has 0 aromatic heterocycles. The predicted octanol–water partition coefficient (Wildman–Crippen LogP) is 5.57. The predicted molar refractivity (Wildman–Crippen MR) is 135 cm³/mol. The zero-order valence-corrected chi connectivity index (χ0v) is 19.7. The van der Waals surface area contributed by atoms with Crippen molar-refractivity contribution in [2.45, 2.75) is 26.5 Å². The largest absolute Gasteiger partial charge is 0.493 e. The van der Waals surface area contributed by atoms with E-state index in [0.29, 0.717) is 28.8 Å². The molecule has 168 valence electrons. The van der Waals surface area contributed by atoms with Crippen molar-refractivity contribution < 1.29 is 14.3 Å². The van der Waals surface area contributed by atoms with Gasteiger partial charge in [-0.1, -0.05) is 54.6 Å². The van der Waals surface area contributed by atoms with Crippen LogP contribution in [0.3, 0.4) is 0 Å². The Hall–Kier alpha value is -3.64. The fourth-order valence-corrected chi connectivity index (χ4v) is 4.42. The van der Waals surface area contributed by atoms with Gasteiger partial charge in [0.05, 0.1) is 13.2 Å². The number of hydrogen-bond acceptors (Lipinski definition) is 4. The highest BCUT2D eigenvalue weighted by atomic mass is 32.1. The lowest BCUT2D eigenvalue weighted by Crippen LogP contribution is -2.47. The van der Waals surface area contributed by atoms with Gasteiger partial charge in [-0.3, -0.25) is 9.69 Å². The first kappa shape index (κ1) is 22.6. The smallest absolute Gasteiger partial charge is 0.178 e. The number of nitrogens with zero attached hydrogens (tertiary/aromatic N) is 1. The number of methoxy groups -OCH3 is 1. The van der Waals surface area contributed by atoms with E-state index in [2.05, 4.69) is 5.32 Å². The maximum atomic E-state index is 12.7. The summed E-state index contributed by atoms with van der Waals surface area (Å²) in [7, 11) is 1.61. The molecule has 0 saturated carbocycles. The number of Topliss-reactive ketones (excluding diaryl/α,β-unsaturated/α-hetero) is 1. The lowest BCUT2D eigenvalue weighted by molar-refractivity contribution is -0.114. The maximum Gasteiger partial charge on any atom is 0.178 e. The van der Waals surface area contributed by atoms with Gasteiger partial charge in [0.2, 0.25) is 0 Å². The first-order valence-corrected chi connectivity index (χ1v) is 11.1. The SMILES string of the molecule is COc1cc([C@@H]2NC(=S)N(c3ccccc3)C(C)=C2C(C)=O)ccc1OCc1ccccc1. The van der Waals surface area contributed by atoms with Crippen LogP contribution in [0.5, 0.6) is 11.5 Å². The number of nitrogens with one attached hydrogen (secondary N) is 1. The minimum absolute atomic E-state index is 0.0168. The van der Waals surface area contributed by atoms with Crippen LogP contribution >= 0.6 is 12.2 Å². The molecule has 1 aliphatic rings. The molecule has 1 atom stereocenters. The zero-order chi connectivity index (χ0) is 23.4. The molecule has 1 heterocycles. The van der Waals surface area contributed by atoms with Crippen LogP contribution in [-0.4, -0.2) is 18.0 Å². The number of hydrogen-bond donors (Lipinski definition) is 1. The third kappa shape index (κ3) is 4.76. The summed E-state index contributed by atoms with van der Waals surface area (Å²) in [5, 5.41) is 3.89. The number of carbonyl (C=O) groups excluding carboxylic acids is 1. The third-order valence-corrected chi connectivity index (χ3v) is 5.94. The number of ketones is 1. The van der Waals surface area contributed by atoms with Crippen LogP contribution in [0, 0.1) is 0 Å². The van der Waals surface area contributed by atoms with Gasteiger partial charge in [-0.05, 0) is 61.5 Å². The minimum atomic E-state index is -0.382. The van der Waals surface area contributed by atoms with E-state index in [1.54, 1.807) is 14.0 Å². The second-order valence-electron chi connectivity index (χ2n) is 7.79. The molecular weight excluding hydrogens is 432 g/mol. The summed E-state index contributed by atoms with van der Waals surface area (Å²) >= 11 is 5.70. The quantitative estimate of drug-likeness (QED) is 0.467. The van der Waals surface area contributed by atoms with Crippen LogP contribution < -0.4 is 19.7 Å². The molecule has 0 amide bonds. The number of carbonyl (C=O) groups is 1. The van der Waals surface area contributed by atoms with Crippen molar-refractivity contribution in [1.29, 1.82) is 0 Å². The Kier molecular flexibility index (Phi) is 6.75. The zero-order valence-electron chi connectivity index (χ0n) is 18.9. The van der Waals surface area contributed by atoms with Gasteiger partial charge >= 0.3 is 0 Å². The molecule has 6 heteroatoms. The topological polar surface area (TPSA) is 50.8 Å². The van der Waals surface area contributed by atoms with Gasteiger partial charge in [-0.2, -0.15) is 0 Å². The molecule has 0 aliphatic carbocycles. The van der Waals surface area contributed by atoms with Crippen molar-refractivity contribution in [1.82, 2.24) is 5.32 Å². The standard InChI is InChI=1S/C27H26N2O3S/c1-18-25(19(2)30)26(28-27(33)29(18)22-12-8-5-9-13-22)21-14-15-23(24(16-21)31-3)32-17-20-10-6-4-7-11-20/h4-16,26H,17H2,1-3H3,(H,28,33)/t26-/m0/s1. The number of allylic oxidation sites excluding steroid dienone is 1. The molecule has 0 spiro atoms. The van der Waals surface area contributed by atoms with Gasteiger partial charge < -0.3 is 14.8 Å². The van der Waals surface area contributed by atoms with Crippen LogP contribution in [-0.2, 0) is 11.4 Å². The number of benzene rings is 3. The summed E-state index contributed by atoms with van der Waals surface area (Å²) in [6, 6.07) is 25.1. The minimum Gasteiger partial charge on any atom is -0.493 e. The highest BCUT2D eigenvalue weighted by Crippen LogP contribution is 2.37. The molecule has 1 aliphatic heterocycles. The van der Waals surface area contributed by atoms with Gasteiger partial charge in [0.25, 0.3) is 0 Å². The molecule has 33 heavy (non-hydrogen) atoms. The summed E-state index contributed by atoms with van der Waals surface area (Å²) in [5.41, 5.74) is 4.32. The average Bonchev–Trinajstić information content (AvgIpc) is 2.83. The summed E-state index contributed by atoms with van der Waals surface area (Å²) < 4.78 is 11.6. The van der Waals surface area contributed by atoms with E-state index in [1.807, 2.05) is 90.7 Å². The second-order valence-corrected chi connectivity index (χ2v) is 8.18. The van der Waals surface area contributed by atoms with Gasteiger partial charge in [0.15, 0.2) is 22.4 Å². The van der Waals surface area contributed by atoms with Crippen molar-refractivity contribution in [2.24, 2.45) is 0 Å².